The first kappa shape index (κ1) is 30.0. The zero-order valence-electron chi connectivity index (χ0n) is 23.8. The minimum absolute atomic E-state index is 0.307. The van der Waals surface area contributed by atoms with E-state index in [1.54, 1.807) is 47.6 Å². The van der Waals surface area contributed by atoms with Crippen LogP contribution < -0.4 is 10.6 Å². The number of nitrogens with one attached hydrogen (secondary N) is 2. The highest BCUT2D eigenvalue weighted by Crippen LogP contribution is 2.44. The Bertz CT molecular complexity index is 1120. The Morgan fingerprint density at radius 1 is 1.05 bits per heavy atom. The lowest BCUT2D eigenvalue weighted by Gasteiger charge is -2.34. The number of alkyl carbamates (subject to hydrolysis) is 1. The monoisotopic (exact) mass is 548 g/mol. The lowest BCUT2D eigenvalue weighted by molar-refractivity contribution is 0.0562. The summed E-state index contributed by atoms with van der Waals surface area (Å²) in [6.45, 7) is 17.5. The molecular formula is C28H41FN4O4S. The van der Waals surface area contributed by atoms with Gasteiger partial charge >= 0.3 is 12.2 Å². The SMILES string of the molecule is C/C(CN1CCCC1)=C1\C[C@@](C)(c2cc(NC(=O)OC(C)(C)C)ccc2F)N=C(NC(=O)OC(C)(C)C)S1. The molecule has 0 spiro atoms. The number of amides is 2. The number of carbonyl (C=O) groups is 2. The highest BCUT2D eigenvalue weighted by molar-refractivity contribution is 8.17. The fourth-order valence-electron chi connectivity index (χ4n) is 4.39. The van der Waals surface area contributed by atoms with Crippen LogP contribution in [0.4, 0.5) is 19.7 Å². The number of halogens is 1. The number of amidine groups is 1. The average Bonchev–Trinajstić information content (AvgIpc) is 3.25. The summed E-state index contributed by atoms with van der Waals surface area (Å²) in [7, 11) is 0. The van der Waals surface area contributed by atoms with E-state index in [1.807, 2.05) is 6.92 Å². The van der Waals surface area contributed by atoms with E-state index in [9.17, 15) is 9.59 Å². The van der Waals surface area contributed by atoms with E-state index in [4.69, 9.17) is 14.5 Å². The van der Waals surface area contributed by atoms with Crippen molar-refractivity contribution in [3.63, 3.8) is 0 Å². The molecule has 0 unspecified atom stereocenters. The van der Waals surface area contributed by atoms with Crippen molar-refractivity contribution in [2.24, 2.45) is 4.99 Å². The molecule has 8 nitrogen and oxygen atoms in total. The zero-order valence-corrected chi connectivity index (χ0v) is 24.6. The summed E-state index contributed by atoms with van der Waals surface area (Å²) in [5.74, 6) is -0.453. The van der Waals surface area contributed by atoms with Crippen LogP contribution in [0, 0.1) is 5.82 Å². The van der Waals surface area contributed by atoms with Crippen LogP contribution in [0.3, 0.4) is 0 Å². The minimum atomic E-state index is -1.03. The summed E-state index contributed by atoms with van der Waals surface area (Å²) >= 11 is 1.38. The fraction of sp³-hybridized carbons (Fsp3) is 0.607. The molecule has 0 radical (unpaired) electrons. The summed E-state index contributed by atoms with van der Waals surface area (Å²) in [4.78, 5) is 33.2. The molecule has 0 aliphatic carbocycles. The number of aliphatic imine (C=N–C) groups is 1. The molecule has 38 heavy (non-hydrogen) atoms. The van der Waals surface area contributed by atoms with Crippen LogP contribution in [-0.2, 0) is 15.0 Å². The van der Waals surface area contributed by atoms with Crippen LogP contribution in [0.5, 0.6) is 0 Å². The highest BCUT2D eigenvalue weighted by atomic mass is 32.2. The molecule has 2 aliphatic rings. The minimum Gasteiger partial charge on any atom is -0.444 e. The van der Waals surface area contributed by atoms with Gasteiger partial charge in [-0.15, -0.1) is 0 Å². The lowest BCUT2D eigenvalue weighted by atomic mass is 9.87. The van der Waals surface area contributed by atoms with Gasteiger partial charge in [-0.25, -0.2) is 14.0 Å². The number of thioether (sulfide) groups is 1. The maximum absolute atomic E-state index is 15.3. The number of carbonyl (C=O) groups excluding carboxylic acids is 2. The second-order valence-corrected chi connectivity index (χ2v) is 13.2. The number of anilines is 1. The van der Waals surface area contributed by atoms with Crippen LogP contribution >= 0.6 is 11.8 Å². The van der Waals surface area contributed by atoms with Crippen molar-refractivity contribution in [1.82, 2.24) is 10.2 Å². The fourth-order valence-corrected chi connectivity index (χ4v) is 5.60. The van der Waals surface area contributed by atoms with Crippen LogP contribution in [0.2, 0.25) is 0 Å². The van der Waals surface area contributed by atoms with Crippen LogP contribution in [0.25, 0.3) is 0 Å². The van der Waals surface area contributed by atoms with Crippen molar-refractivity contribution in [2.75, 3.05) is 25.0 Å². The predicted octanol–water partition coefficient (Wildman–Crippen LogP) is 6.78. The number of nitrogens with zero attached hydrogens (tertiary/aromatic N) is 2. The summed E-state index contributed by atoms with van der Waals surface area (Å²) < 4.78 is 26.1. The Kier molecular flexibility index (Phi) is 9.19. The number of rotatable bonds is 4. The highest BCUT2D eigenvalue weighted by Gasteiger charge is 2.37. The van der Waals surface area contributed by atoms with Gasteiger partial charge in [-0.2, -0.15) is 0 Å². The third-order valence-corrected chi connectivity index (χ3v) is 7.13. The zero-order chi connectivity index (χ0) is 28.3. The molecule has 0 bridgehead atoms. The molecule has 10 heteroatoms. The molecule has 1 fully saturated rings. The molecule has 2 heterocycles. The van der Waals surface area contributed by atoms with E-state index in [0.717, 1.165) is 30.1 Å². The molecule has 1 aromatic rings. The number of hydrogen-bond acceptors (Lipinski definition) is 7. The standard InChI is InChI=1S/C28H41FN4O4S/c1-18(17-33-13-9-10-14-33)22-16-28(8,32-23(38-22)31-25(35)37-27(5,6)7)20-15-19(11-12-21(20)29)30-24(34)36-26(2,3)4/h11-12,15H,9-10,13-14,16-17H2,1-8H3,(H,30,34)(H,31,32,35)/b22-18-/t28-/m0/s1. The third-order valence-electron chi connectivity index (χ3n) is 6.01. The maximum Gasteiger partial charge on any atom is 0.413 e. The summed E-state index contributed by atoms with van der Waals surface area (Å²) in [6, 6.07) is 4.38. The van der Waals surface area contributed by atoms with Crippen molar-refractivity contribution >= 4 is 34.8 Å². The molecule has 0 aromatic heterocycles. The van der Waals surface area contributed by atoms with Gasteiger partial charge in [-0.3, -0.25) is 20.5 Å². The number of hydrogen-bond donors (Lipinski definition) is 2. The molecule has 1 aromatic carbocycles. The van der Waals surface area contributed by atoms with Gasteiger partial charge in [0.05, 0.1) is 5.54 Å². The van der Waals surface area contributed by atoms with Crippen molar-refractivity contribution < 1.29 is 23.5 Å². The Balaban J connectivity index is 1.96. The first-order valence-electron chi connectivity index (χ1n) is 13.0. The Labute approximate surface area is 229 Å². The van der Waals surface area contributed by atoms with E-state index in [-0.39, 0.29) is 0 Å². The van der Waals surface area contributed by atoms with Gasteiger partial charge in [0, 0.05) is 24.2 Å². The number of likely N-dealkylation sites (tertiary alicyclic amines) is 1. The van der Waals surface area contributed by atoms with Gasteiger partial charge in [-0.1, -0.05) is 11.8 Å². The van der Waals surface area contributed by atoms with Crippen molar-refractivity contribution in [3.05, 3.63) is 40.1 Å². The van der Waals surface area contributed by atoms with E-state index < -0.39 is 34.7 Å². The van der Waals surface area contributed by atoms with Gasteiger partial charge in [0.25, 0.3) is 0 Å². The van der Waals surface area contributed by atoms with Crippen LogP contribution in [-0.4, -0.2) is 53.1 Å². The molecule has 0 saturated carbocycles. The van der Waals surface area contributed by atoms with Gasteiger partial charge in [0.15, 0.2) is 5.17 Å². The van der Waals surface area contributed by atoms with Gasteiger partial charge in [0.1, 0.15) is 17.0 Å². The average molecular weight is 549 g/mol. The van der Waals surface area contributed by atoms with Gasteiger partial charge in [0.2, 0.25) is 0 Å². The largest absolute Gasteiger partial charge is 0.444 e. The van der Waals surface area contributed by atoms with Crippen molar-refractivity contribution in [3.8, 4) is 0 Å². The molecule has 1 saturated heterocycles. The summed E-state index contributed by atoms with van der Waals surface area (Å²) in [5.41, 5.74) is -0.519. The topological polar surface area (TPSA) is 92.3 Å². The molecular weight excluding hydrogens is 507 g/mol. The van der Waals surface area contributed by atoms with Crippen LogP contribution in [0.1, 0.15) is 80.2 Å². The number of ether oxygens (including phenoxy) is 2. The normalized spacial score (nSPS) is 22.0. The second-order valence-electron chi connectivity index (χ2n) is 12.1. The van der Waals surface area contributed by atoms with E-state index in [1.165, 1.54) is 36.7 Å². The van der Waals surface area contributed by atoms with E-state index >= 15 is 4.39 Å². The predicted molar refractivity (Wildman–Crippen MR) is 151 cm³/mol. The lowest BCUT2D eigenvalue weighted by Crippen LogP contribution is -2.39. The van der Waals surface area contributed by atoms with Gasteiger partial charge in [-0.05, 0) is 110 Å². The quantitative estimate of drug-likeness (QED) is 0.431. The van der Waals surface area contributed by atoms with Crippen molar-refractivity contribution in [2.45, 2.75) is 91.4 Å². The smallest absolute Gasteiger partial charge is 0.413 e. The van der Waals surface area contributed by atoms with Gasteiger partial charge < -0.3 is 9.47 Å². The first-order chi connectivity index (χ1) is 17.5. The Morgan fingerprint density at radius 2 is 1.63 bits per heavy atom. The molecule has 1 atom stereocenters. The maximum atomic E-state index is 15.3. The molecule has 210 valence electrons. The van der Waals surface area contributed by atoms with E-state index in [2.05, 4.69) is 22.5 Å². The summed E-state index contributed by atoms with van der Waals surface area (Å²) in [6.07, 6.45) is 1.57. The molecule has 2 amide bonds. The molecule has 2 N–H and O–H groups in total. The number of benzene rings is 1. The Hall–Kier alpha value is -2.59. The first-order valence-corrected chi connectivity index (χ1v) is 13.8. The Morgan fingerprint density at radius 3 is 2.21 bits per heavy atom. The molecule has 2 aliphatic heterocycles. The molecule has 3 rings (SSSR count). The third kappa shape index (κ3) is 8.73. The van der Waals surface area contributed by atoms with Crippen LogP contribution in [0.15, 0.2) is 33.7 Å². The van der Waals surface area contributed by atoms with Crippen molar-refractivity contribution in [1.29, 1.82) is 0 Å². The second kappa shape index (κ2) is 11.7. The summed E-state index contributed by atoms with van der Waals surface area (Å²) in [5, 5.41) is 5.79. The van der Waals surface area contributed by atoms with E-state index in [0.29, 0.717) is 22.8 Å².